The first-order valence-electron chi connectivity index (χ1n) is 6.64. The Morgan fingerprint density at radius 2 is 2.25 bits per heavy atom. The van der Waals surface area contributed by atoms with E-state index in [1.807, 2.05) is 13.8 Å². The van der Waals surface area contributed by atoms with Gasteiger partial charge < -0.3 is 14.8 Å². The van der Waals surface area contributed by atoms with Crippen LogP contribution in [0.5, 0.6) is 5.75 Å². The highest BCUT2D eigenvalue weighted by Crippen LogP contribution is 2.32. The largest absolute Gasteiger partial charge is 0.495 e. The van der Waals surface area contributed by atoms with Gasteiger partial charge in [0.05, 0.1) is 23.3 Å². The third-order valence-corrected chi connectivity index (χ3v) is 3.45. The van der Waals surface area contributed by atoms with Gasteiger partial charge in [0, 0.05) is 24.8 Å². The minimum atomic E-state index is -0.404. The molecular weight excluding hydrogens is 260 g/mol. The second kappa shape index (κ2) is 5.66. The van der Waals surface area contributed by atoms with Gasteiger partial charge in [0.25, 0.3) is 5.69 Å². The molecule has 1 aromatic rings. The van der Waals surface area contributed by atoms with Crippen LogP contribution in [0.2, 0.25) is 0 Å². The molecule has 6 nitrogen and oxygen atoms in total. The van der Waals surface area contributed by atoms with Crippen molar-refractivity contribution in [2.45, 2.75) is 38.3 Å². The number of methoxy groups -OCH3 is 1. The zero-order valence-electron chi connectivity index (χ0n) is 12.0. The predicted octanol–water partition coefficient (Wildman–Crippen LogP) is 2.97. The van der Waals surface area contributed by atoms with Gasteiger partial charge in [0.2, 0.25) is 0 Å². The first-order chi connectivity index (χ1) is 9.41. The van der Waals surface area contributed by atoms with Gasteiger partial charge in [0.1, 0.15) is 5.75 Å². The van der Waals surface area contributed by atoms with Gasteiger partial charge >= 0.3 is 0 Å². The maximum atomic E-state index is 10.9. The second-order valence-electron chi connectivity index (χ2n) is 5.58. The van der Waals surface area contributed by atoms with E-state index in [-0.39, 0.29) is 17.3 Å². The van der Waals surface area contributed by atoms with Crippen molar-refractivity contribution in [1.29, 1.82) is 0 Å². The number of nitrogens with zero attached hydrogens (tertiary/aromatic N) is 1. The summed E-state index contributed by atoms with van der Waals surface area (Å²) in [5.74, 6) is 0.611. The smallest absolute Gasteiger partial charge is 0.271 e. The number of benzene rings is 1. The number of rotatable bonds is 4. The maximum Gasteiger partial charge on any atom is 0.271 e. The number of ether oxygens (including phenoxy) is 2. The fourth-order valence-corrected chi connectivity index (χ4v) is 2.50. The van der Waals surface area contributed by atoms with E-state index in [4.69, 9.17) is 9.47 Å². The van der Waals surface area contributed by atoms with Gasteiger partial charge in [-0.1, -0.05) is 0 Å². The number of hydrogen-bond donors (Lipinski definition) is 1. The van der Waals surface area contributed by atoms with Crippen molar-refractivity contribution in [2.24, 2.45) is 0 Å². The van der Waals surface area contributed by atoms with Crippen molar-refractivity contribution >= 4 is 11.4 Å². The fourth-order valence-electron chi connectivity index (χ4n) is 2.50. The summed E-state index contributed by atoms with van der Waals surface area (Å²) in [6, 6.07) is 4.79. The van der Waals surface area contributed by atoms with Gasteiger partial charge in [-0.25, -0.2) is 0 Å². The lowest BCUT2D eigenvalue weighted by Gasteiger charge is -2.36. The van der Waals surface area contributed by atoms with Gasteiger partial charge in [-0.15, -0.1) is 0 Å². The molecule has 0 aromatic heterocycles. The fraction of sp³-hybridized carbons (Fsp3) is 0.571. The molecule has 1 saturated heterocycles. The van der Waals surface area contributed by atoms with E-state index in [2.05, 4.69) is 5.32 Å². The van der Waals surface area contributed by atoms with Crippen molar-refractivity contribution in [3.05, 3.63) is 28.3 Å². The highest BCUT2D eigenvalue weighted by molar-refractivity contribution is 5.62. The molecule has 0 amide bonds. The lowest BCUT2D eigenvalue weighted by atomic mass is 9.94. The molecule has 1 aliphatic heterocycles. The normalized spacial score (nSPS) is 21.2. The number of hydrogen-bond acceptors (Lipinski definition) is 5. The van der Waals surface area contributed by atoms with Crippen LogP contribution in [-0.4, -0.2) is 30.3 Å². The van der Waals surface area contributed by atoms with E-state index in [1.165, 1.54) is 12.1 Å². The molecule has 1 aliphatic rings. The van der Waals surface area contributed by atoms with E-state index < -0.39 is 4.92 Å². The van der Waals surface area contributed by atoms with Crippen LogP contribution in [0.4, 0.5) is 11.4 Å². The number of anilines is 1. The molecule has 0 spiro atoms. The van der Waals surface area contributed by atoms with Crippen LogP contribution in [0, 0.1) is 10.1 Å². The molecule has 1 aromatic carbocycles. The van der Waals surface area contributed by atoms with Gasteiger partial charge in [-0.3, -0.25) is 10.1 Å². The quantitative estimate of drug-likeness (QED) is 0.678. The average Bonchev–Trinajstić information content (AvgIpc) is 2.37. The molecule has 0 saturated carbocycles. The van der Waals surface area contributed by atoms with Crippen LogP contribution in [0.25, 0.3) is 0 Å². The van der Waals surface area contributed by atoms with E-state index in [0.29, 0.717) is 18.0 Å². The Morgan fingerprint density at radius 3 is 2.85 bits per heavy atom. The molecule has 1 unspecified atom stereocenters. The molecule has 6 heteroatoms. The minimum absolute atomic E-state index is 0.0552. The molecule has 2 rings (SSSR count). The molecule has 1 heterocycles. The number of nitro groups is 1. The van der Waals surface area contributed by atoms with E-state index in [0.717, 1.165) is 12.8 Å². The lowest BCUT2D eigenvalue weighted by molar-refractivity contribution is -0.384. The summed E-state index contributed by atoms with van der Waals surface area (Å²) >= 11 is 0. The summed E-state index contributed by atoms with van der Waals surface area (Å²) in [5.41, 5.74) is 0.535. The Labute approximate surface area is 118 Å². The van der Waals surface area contributed by atoms with Crippen LogP contribution in [-0.2, 0) is 4.74 Å². The molecule has 20 heavy (non-hydrogen) atoms. The summed E-state index contributed by atoms with van der Waals surface area (Å²) in [7, 11) is 1.56. The highest BCUT2D eigenvalue weighted by atomic mass is 16.6. The van der Waals surface area contributed by atoms with Crippen LogP contribution >= 0.6 is 0 Å². The molecule has 0 radical (unpaired) electrons. The van der Waals surface area contributed by atoms with E-state index in [9.17, 15) is 10.1 Å². The minimum Gasteiger partial charge on any atom is -0.495 e. The van der Waals surface area contributed by atoms with Crippen LogP contribution in [0.15, 0.2) is 18.2 Å². The Morgan fingerprint density at radius 1 is 1.50 bits per heavy atom. The van der Waals surface area contributed by atoms with Crippen LogP contribution in [0.3, 0.4) is 0 Å². The molecule has 0 bridgehead atoms. The predicted molar refractivity (Wildman–Crippen MR) is 76.3 cm³/mol. The summed E-state index contributed by atoms with van der Waals surface area (Å²) in [5, 5.41) is 14.2. The Bertz CT molecular complexity index is 502. The zero-order chi connectivity index (χ0) is 14.8. The molecule has 1 fully saturated rings. The first kappa shape index (κ1) is 14.6. The third-order valence-electron chi connectivity index (χ3n) is 3.45. The topological polar surface area (TPSA) is 73.6 Å². The number of nitro benzene ring substituents is 1. The van der Waals surface area contributed by atoms with Gasteiger partial charge in [0.15, 0.2) is 0 Å². The summed E-state index contributed by atoms with van der Waals surface area (Å²) < 4.78 is 10.9. The number of nitrogens with one attached hydrogen (secondary N) is 1. The monoisotopic (exact) mass is 280 g/mol. The maximum absolute atomic E-state index is 10.9. The second-order valence-corrected chi connectivity index (χ2v) is 5.58. The molecule has 110 valence electrons. The SMILES string of the molecule is COc1ccc([N+](=O)[O-])cc1NC1CCOC(C)(C)C1. The Kier molecular flexibility index (Phi) is 4.13. The van der Waals surface area contributed by atoms with Crippen molar-refractivity contribution in [1.82, 2.24) is 0 Å². The first-order valence-corrected chi connectivity index (χ1v) is 6.64. The lowest BCUT2D eigenvalue weighted by Crippen LogP contribution is -2.40. The van der Waals surface area contributed by atoms with Crippen molar-refractivity contribution in [3.63, 3.8) is 0 Å². The Balaban J connectivity index is 2.18. The number of non-ortho nitro benzene ring substituents is 1. The van der Waals surface area contributed by atoms with Crippen LogP contribution < -0.4 is 10.1 Å². The molecule has 1 N–H and O–H groups in total. The van der Waals surface area contributed by atoms with Crippen molar-refractivity contribution < 1.29 is 14.4 Å². The zero-order valence-corrected chi connectivity index (χ0v) is 12.0. The van der Waals surface area contributed by atoms with Crippen molar-refractivity contribution in [2.75, 3.05) is 19.0 Å². The average molecular weight is 280 g/mol. The molecular formula is C14H20N2O4. The molecule has 0 aliphatic carbocycles. The Hall–Kier alpha value is -1.82. The van der Waals surface area contributed by atoms with Crippen LogP contribution in [0.1, 0.15) is 26.7 Å². The summed E-state index contributed by atoms with van der Waals surface area (Å²) in [6.45, 7) is 4.78. The molecule has 1 atom stereocenters. The van der Waals surface area contributed by atoms with E-state index >= 15 is 0 Å². The van der Waals surface area contributed by atoms with Crippen molar-refractivity contribution in [3.8, 4) is 5.75 Å². The van der Waals surface area contributed by atoms with Gasteiger partial charge in [-0.2, -0.15) is 0 Å². The highest BCUT2D eigenvalue weighted by Gasteiger charge is 2.29. The van der Waals surface area contributed by atoms with E-state index in [1.54, 1.807) is 13.2 Å². The summed E-state index contributed by atoms with van der Waals surface area (Å²) in [6.07, 6.45) is 1.72. The third kappa shape index (κ3) is 3.39. The standard InChI is InChI=1S/C14H20N2O4/c1-14(2)9-10(6-7-20-14)15-12-8-11(16(17)18)4-5-13(12)19-3/h4-5,8,10,15H,6-7,9H2,1-3H3. The van der Waals surface area contributed by atoms with Gasteiger partial charge in [-0.05, 0) is 32.8 Å². The summed E-state index contributed by atoms with van der Waals surface area (Å²) in [4.78, 5) is 10.5.